The van der Waals surface area contributed by atoms with Gasteiger partial charge in [-0.25, -0.2) is 0 Å². The first-order valence-corrected chi connectivity index (χ1v) is 5.19. The molecule has 1 spiro atoms. The number of esters is 2. The van der Waals surface area contributed by atoms with E-state index in [1.807, 2.05) is 0 Å². The van der Waals surface area contributed by atoms with Crippen molar-refractivity contribution in [1.82, 2.24) is 0 Å². The monoisotopic (exact) mass is 196 g/mol. The normalized spacial score (nSPS) is 29.3. The molecule has 1 aliphatic heterocycles. The highest BCUT2D eigenvalue weighted by Gasteiger charge is 2.51. The van der Waals surface area contributed by atoms with E-state index in [2.05, 4.69) is 18.6 Å². The summed E-state index contributed by atoms with van der Waals surface area (Å²) >= 11 is 0. The summed E-state index contributed by atoms with van der Waals surface area (Å²) in [4.78, 5) is 22.6. The van der Waals surface area contributed by atoms with Crippen molar-refractivity contribution in [1.29, 1.82) is 0 Å². The maximum absolute atomic E-state index is 11.5. The van der Waals surface area contributed by atoms with Gasteiger partial charge in [0.05, 0.1) is 11.8 Å². The van der Waals surface area contributed by atoms with E-state index >= 15 is 0 Å². The minimum atomic E-state index is -0.452. The number of hydrogen-bond donors (Lipinski definition) is 0. The lowest BCUT2D eigenvalue weighted by atomic mass is 9.64. The summed E-state index contributed by atoms with van der Waals surface area (Å²) in [6.45, 7) is 4.42. The summed E-state index contributed by atoms with van der Waals surface area (Å²) in [5.41, 5.74) is -0.135. The van der Waals surface area contributed by atoms with Gasteiger partial charge >= 0.3 is 11.9 Å². The highest BCUT2D eigenvalue weighted by Crippen LogP contribution is 2.49. The van der Waals surface area contributed by atoms with E-state index in [1.165, 1.54) is 0 Å². The Morgan fingerprint density at radius 1 is 1.07 bits per heavy atom. The molecule has 14 heavy (non-hydrogen) atoms. The van der Waals surface area contributed by atoms with Gasteiger partial charge in [0.25, 0.3) is 0 Å². The zero-order valence-corrected chi connectivity index (χ0v) is 8.76. The van der Waals surface area contributed by atoms with E-state index in [1.54, 1.807) is 0 Å². The number of hydrogen-bond acceptors (Lipinski definition) is 3. The summed E-state index contributed by atoms with van der Waals surface area (Å²) in [5, 5.41) is 0. The van der Waals surface area contributed by atoms with Crippen molar-refractivity contribution in [2.45, 2.75) is 46.0 Å². The first-order chi connectivity index (χ1) is 6.44. The van der Waals surface area contributed by atoms with Crippen LogP contribution in [-0.2, 0) is 14.3 Å². The lowest BCUT2D eigenvalue weighted by molar-refractivity contribution is -0.156. The maximum Gasteiger partial charge on any atom is 0.320 e. The average Bonchev–Trinajstić information content (AvgIpc) is 2.35. The molecule has 1 saturated heterocycles. The zero-order valence-electron chi connectivity index (χ0n) is 8.76. The van der Waals surface area contributed by atoms with Crippen molar-refractivity contribution < 1.29 is 14.3 Å². The molecule has 0 aromatic rings. The summed E-state index contributed by atoms with van der Waals surface area (Å²) < 4.78 is 4.64. The summed E-state index contributed by atoms with van der Waals surface area (Å²) in [7, 11) is 0. The Bertz CT molecular complexity index is 281. The lowest BCUT2D eigenvalue weighted by Gasteiger charge is -2.38. The fourth-order valence-electron chi connectivity index (χ4n) is 2.38. The Labute approximate surface area is 83.8 Å². The van der Waals surface area contributed by atoms with Crippen LogP contribution in [0.15, 0.2) is 0 Å². The Hall–Kier alpha value is -0.860. The quantitative estimate of drug-likeness (QED) is 0.440. The molecule has 2 aliphatic rings. The lowest BCUT2D eigenvalue weighted by Crippen LogP contribution is -2.34. The molecule has 0 aromatic carbocycles. The summed E-state index contributed by atoms with van der Waals surface area (Å²) in [6.07, 6.45) is 3.95. The fraction of sp³-hybridized carbons (Fsp3) is 0.818. The summed E-state index contributed by atoms with van der Waals surface area (Å²) in [5.74, 6) is -0.618. The van der Waals surface area contributed by atoms with Gasteiger partial charge in [0.2, 0.25) is 0 Å². The third-order valence-electron chi connectivity index (χ3n) is 3.68. The van der Waals surface area contributed by atoms with Gasteiger partial charge in [0.1, 0.15) is 0 Å². The highest BCUT2D eigenvalue weighted by molar-refractivity contribution is 5.97. The molecular formula is C11H16O3. The van der Waals surface area contributed by atoms with Crippen LogP contribution >= 0.6 is 0 Å². The minimum Gasteiger partial charge on any atom is -0.393 e. The summed E-state index contributed by atoms with van der Waals surface area (Å²) in [6, 6.07) is 0. The molecular weight excluding hydrogens is 180 g/mol. The van der Waals surface area contributed by atoms with Crippen molar-refractivity contribution in [3.8, 4) is 0 Å². The third-order valence-corrected chi connectivity index (χ3v) is 3.68. The van der Waals surface area contributed by atoms with Crippen molar-refractivity contribution in [2.24, 2.45) is 10.8 Å². The minimum absolute atomic E-state index is 0.280. The molecule has 0 amide bonds. The predicted molar refractivity (Wildman–Crippen MR) is 50.4 cm³/mol. The van der Waals surface area contributed by atoms with E-state index in [0.717, 1.165) is 25.7 Å². The van der Waals surface area contributed by atoms with Gasteiger partial charge in [-0.3, -0.25) is 9.59 Å². The molecule has 78 valence electrons. The van der Waals surface area contributed by atoms with Crippen molar-refractivity contribution in [3.05, 3.63) is 0 Å². The van der Waals surface area contributed by atoms with E-state index in [0.29, 0.717) is 11.8 Å². The van der Waals surface area contributed by atoms with Crippen LogP contribution in [0.3, 0.4) is 0 Å². The van der Waals surface area contributed by atoms with Gasteiger partial charge in [-0.2, -0.15) is 0 Å². The molecule has 1 heterocycles. The topological polar surface area (TPSA) is 43.4 Å². The van der Waals surface area contributed by atoms with Gasteiger partial charge in [0.15, 0.2) is 0 Å². The molecule has 0 atom stereocenters. The number of carbonyl (C=O) groups is 2. The number of rotatable bonds is 0. The second kappa shape index (κ2) is 2.81. The predicted octanol–water partition coefficient (Wildman–Crippen LogP) is 2.05. The van der Waals surface area contributed by atoms with Crippen LogP contribution < -0.4 is 0 Å². The number of cyclic esters (lactones) is 2. The molecule has 1 aliphatic carbocycles. The van der Waals surface area contributed by atoms with Crippen LogP contribution in [0.1, 0.15) is 46.0 Å². The average molecular weight is 196 g/mol. The van der Waals surface area contributed by atoms with Crippen LogP contribution in [0.2, 0.25) is 0 Å². The largest absolute Gasteiger partial charge is 0.393 e. The molecule has 3 heteroatoms. The van der Waals surface area contributed by atoms with Gasteiger partial charge in [0, 0.05) is 0 Å². The van der Waals surface area contributed by atoms with Crippen LogP contribution in [0, 0.1) is 10.8 Å². The standard InChI is InChI=1S/C11H16O3/c1-10(2)3-5-11(6-4-10)7-8(12)14-9(11)13/h3-7H2,1-2H3. The van der Waals surface area contributed by atoms with Crippen molar-refractivity contribution in [2.75, 3.05) is 0 Å². The second-order valence-electron chi connectivity index (χ2n) is 5.38. The molecule has 2 rings (SSSR count). The zero-order chi connectivity index (χ0) is 10.4. The van der Waals surface area contributed by atoms with Crippen LogP contribution in [0.5, 0.6) is 0 Å². The van der Waals surface area contributed by atoms with E-state index in [9.17, 15) is 9.59 Å². The molecule has 0 N–H and O–H groups in total. The molecule has 0 unspecified atom stereocenters. The number of ether oxygens (including phenoxy) is 1. The number of carbonyl (C=O) groups excluding carboxylic acids is 2. The maximum atomic E-state index is 11.5. The van der Waals surface area contributed by atoms with Gasteiger partial charge in [-0.1, -0.05) is 13.8 Å². The highest BCUT2D eigenvalue weighted by atomic mass is 16.6. The van der Waals surface area contributed by atoms with Crippen LogP contribution in [-0.4, -0.2) is 11.9 Å². The molecule has 3 nitrogen and oxygen atoms in total. The fourth-order valence-corrected chi connectivity index (χ4v) is 2.38. The Morgan fingerprint density at radius 3 is 2.07 bits per heavy atom. The first-order valence-electron chi connectivity index (χ1n) is 5.19. The van der Waals surface area contributed by atoms with E-state index in [-0.39, 0.29) is 11.9 Å². The molecule has 2 fully saturated rings. The Morgan fingerprint density at radius 2 is 1.64 bits per heavy atom. The second-order valence-corrected chi connectivity index (χ2v) is 5.38. The van der Waals surface area contributed by atoms with E-state index < -0.39 is 5.41 Å². The Kier molecular flexibility index (Phi) is 1.95. The molecule has 0 radical (unpaired) electrons. The molecule has 1 saturated carbocycles. The van der Waals surface area contributed by atoms with E-state index in [4.69, 9.17) is 0 Å². The van der Waals surface area contributed by atoms with Gasteiger partial charge < -0.3 is 4.74 Å². The molecule has 0 aromatic heterocycles. The van der Waals surface area contributed by atoms with Crippen LogP contribution in [0.25, 0.3) is 0 Å². The SMILES string of the molecule is CC1(C)CCC2(CC1)CC(=O)OC2=O. The smallest absolute Gasteiger partial charge is 0.320 e. The van der Waals surface area contributed by atoms with Gasteiger partial charge in [-0.05, 0) is 31.1 Å². The molecule has 0 bridgehead atoms. The van der Waals surface area contributed by atoms with Crippen molar-refractivity contribution >= 4 is 11.9 Å². The van der Waals surface area contributed by atoms with Crippen molar-refractivity contribution in [3.63, 3.8) is 0 Å². The Balaban J connectivity index is 2.13. The first kappa shape index (κ1) is 9.69. The van der Waals surface area contributed by atoms with Gasteiger partial charge in [-0.15, -0.1) is 0 Å². The third kappa shape index (κ3) is 1.45. The van der Waals surface area contributed by atoms with Crippen LogP contribution in [0.4, 0.5) is 0 Å².